The van der Waals surface area contributed by atoms with Crippen LogP contribution in [0.1, 0.15) is 37.9 Å². The number of carbonyl (C=O) groups excluding carboxylic acids is 1. The number of anilines is 2. The predicted octanol–water partition coefficient (Wildman–Crippen LogP) is 3.30. The van der Waals surface area contributed by atoms with Crippen LogP contribution in [0.2, 0.25) is 0 Å². The number of aromatic nitrogens is 3. The highest BCUT2D eigenvalue weighted by Crippen LogP contribution is 2.28. The topological polar surface area (TPSA) is 94.1 Å². The van der Waals surface area contributed by atoms with Crippen LogP contribution >= 0.6 is 0 Å². The number of piperidine rings is 1. The number of nitrogens with one attached hydrogen (secondary N) is 2. The van der Waals surface area contributed by atoms with Gasteiger partial charge in [-0.05, 0) is 49.4 Å². The lowest BCUT2D eigenvalue weighted by atomic mass is 9.92. The molecular weight excluding hydrogens is 366 g/mol. The van der Waals surface area contributed by atoms with Crippen molar-refractivity contribution < 1.29 is 9.90 Å². The molecule has 1 aliphatic rings. The van der Waals surface area contributed by atoms with Gasteiger partial charge in [-0.3, -0.25) is 4.79 Å². The number of benzene rings is 1. The van der Waals surface area contributed by atoms with Gasteiger partial charge in [-0.1, -0.05) is 12.1 Å². The van der Waals surface area contributed by atoms with Crippen LogP contribution in [0.15, 0.2) is 42.9 Å². The second kappa shape index (κ2) is 8.61. The second-order valence-corrected chi connectivity index (χ2v) is 7.79. The largest absolute Gasteiger partial charge is 0.389 e. The van der Waals surface area contributed by atoms with Crippen molar-refractivity contribution in [1.82, 2.24) is 15.0 Å². The number of fused-ring (bicyclic) bond motifs is 1. The summed E-state index contributed by atoms with van der Waals surface area (Å²) < 4.78 is 0. The monoisotopic (exact) mass is 393 g/mol. The Balaban J connectivity index is 1.34. The van der Waals surface area contributed by atoms with Gasteiger partial charge in [0.05, 0.1) is 18.0 Å². The third-order valence-electron chi connectivity index (χ3n) is 5.53. The number of rotatable bonds is 7. The minimum Gasteiger partial charge on any atom is -0.389 e. The van der Waals surface area contributed by atoms with E-state index in [2.05, 4.69) is 25.2 Å². The molecule has 1 fully saturated rings. The van der Waals surface area contributed by atoms with Crippen LogP contribution in [0.25, 0.3) is 11.0 Å². The normalized spacial score (nSPS) is 18.0. The zero-order valence-electron chi connectivity index (χ0n) is 16.6. The molecule has 2 unspecified atom stereocenters. The van der Waals surface area contributed by atoms with E-state index in [1.807, 2.05) is 36.5 Å². The van der Waals surface area contributed by atoms with E-state index in [9.17, 15) is 9.90 Å². The Labute approximate surface area is 170 Å². The fourth-order valence-corrected chi connectivity index (χ4v) is 4.04. The molecule has 7 heteroatoms. The number of aliphatic hydroxyl groups is 1. The third kappa shape index (κ3) is 4.56. The summed E-state index contributed by atoms with van der Waals surface area (Å²) in [5.74, 6) is 1.47. The molecule has 2 aromatic heterocycles. The average molecular weight is 393 g/mol. The number of ketones is 1. The van der Waals surface area contributed by atoms with Gasteiger partial charge in [0.2, 0.25) is 0 Å². The molecular formula is C22H27N5O2. The summed E-state index contributed by atoms with van der Waals surface area (Å²) in [6.45, 7) is 3.82. The van der Waals surface area contributed by atoms with Gasteiger partial charge in [-0.15, -0.1) is 0 Å². The van der Waals surface area contributed by atoms with Crippen molar-refractivity contribution in [3.05, 3.63) is 48.4 Å². The Morgan fingerprint density at radius 2 is 2.28 bits per heavy atom. The van der Waals surface area contributed by atoms with Gasteiger partial charge in [-0.25, -0.2) is 9.97 Å². The molecule has 1 saturated heterocycles. The molecule has 1 aromatic carbocycles. The smallest absolute Gasteiger partial charge is 0.152 e. The average Bonchev–Trinajstić information content (AvgIpc) is 3.21. The van der Waals surface area contributed by atoms with Gasteiger partial charge in [0, 0.05) is 31.4 Å². The van der Waals surface area contributed by atoms with Gasteiger partial charge in [0.1, 0.15) is 17.8 Å². The van der Waals surface area contributed by atoms with Crippen LogP contribution in [0.3, 0.4) is 0 Å². The summed E-state index contributed by atoms with van der Waals surface area (Å²) in [7, 11) is 0. The Morgan fingerprint density at radius 1 is 1.38 bits per heavy atom. The number of H-pyrrole nitrogens is 1. The van der Waals surface area contributed by atoms with Gasteiger partial charge in [0.25, 0.3) is 0 Å². The molecule has 1 aliphatic heterocycles. The molecule has 3 heterocycles. The maximum atomic E-state index is 12.6. The number of nitrogens with zero attached hydrogens (tertiary/aromatic N) is 3. The van der Waals surface area contributed by atoms with Crippen molar-refractivity contribution in [1.29, 1.82) is 0 Å². The van der Waals surface area contributed by atoms with E-state index >= 15 is 0 Å². The number of Topliss-reactive ketones (excluding diaryl/α,β-unsaturated/α-hetero) is 1. The minimum absolute atomic E-state index is 0.203. The first kappa shape index (κ1) is 19.4. The van der Waals surface area contributed by atoms with Crippen LogP contribution in [0.4, 0.5) is 11.5 Å². The lowest BCUT2D eigenvalue weighted by Gasteiger charge is -2.33. The fourth-order valence-electron chi connectivity index (χ4n) is 4.04. The maximum absolute atomic E-state index is 12.6. The molecule has 0 spiro atoms. The van der Waals surface area contributed by atoms with Crippen LogP contribution < -0.4 is 10.2 Å². The van der Waals surface area contributed by atoms with E-state index in [1.54, 1.807) is 13.3 Å². The first-order valence-electron chi connectivity index (χ1n) is 10.2. The molecule has 4 rings (SSSR count). The molecule has 0 radical (unpaired) electrons. The summed E-state index contributed by atoms with van der Waals surface area (Å²) in [6, 6.07) is 9.57. The zero-order valence-corrected chi connectivity index (χ0v) is 16.6. The predicted molar refractivity (Wildman–Crippen MR) is 114 cm³/mol. The van der Waals surface area contributed by atoms with Gasteiger partial charge in [-0.2, -0.15) is 0 Å². The number of aliphatic hydroxyl groups excluding tert-OH is 1. The highest BCUT2D eigenvalue weighted by atomic mass is 16.3. The van der Waals surface area contributed by atoms with E-state index in [0.29, 0.717) is 18.9 Å². The first-order valence-corrected chi connectivity index (χ1v) is 10.2. The molecule has 0 amide bonds. The number of hydrogen-bond donors (Lipinski definition) is 3. The zero-order chi connectivity index (χ0) is 20.2. The van der Waals surface area contributed by atoms with E-state index in [4.69, 9.17) is 0 Å². The van der Waals surface area contributed by atoms with Gasteiger partial charge in [0.15, 0.2) is 5.78 Å². The molecule has 0 aliphatic carbocycles. The molecule has 2 atom stereocenters. The summed E-state index contributed by atoms with van der Waals surface area (Å²) >= 11 is 0. The van der Waals surface area contributed by atoms with Crippen molar-refractivity contribution in [2.24, 2.45) is 5.92 Å². The standard InChI is InChI=1S/C22H27N5O2/c1-15(28)17-5-2-6-18(11-17)24-12-19(29)10-16-4-3-9-27(13-16)22-20-7-8-23-21(20)25-14-26-22/h2,5-8,11,14-16,24,28H,3-4,9-10,12-13H2,1H3,(H,23,25,26). The van der Waals surface area contributed by atoms with Crippen molar-refractivity contribution in [2.45, 2.75) is 32.3 Å². The Bertz CT molecular complexity index is 984. The fraction of sp³-hybridized carbons (Fsp3) is 0.409. The van der Waals surface area contributed by atoms with E-state index < -0.39 is 6.10 Å². The van der Waals surface area contributed by atoms with Crippen molar-refractivity contribution in [2.75, 3.05) is 29.9 Å². The summed E-state index contributed by atoms with van der Waals surface area (Å²) in [6.07, 6.45) is 5.62. The number of hydrogen-bond acceptors (Lipinski definition) is 6. The van der Waals surface area contributed by atoms with E-state index in [0.717, 1.165) is 54.0 Å². The Morgan fingerprint density at radius 3 is 3.14 bits per heavy atom. The van der Waals surface area contributed by atoms with Crippen LogP contribution in [-0.2, 0) is 4.79 Å². The number of aromatic amines is 1. The Hall–Kier alpha value is -2.93. The quantitative estimate of drug-likeness (QED) is 0.570. The minimum atomic E-state index is -0.519. The number of carbonyl (C=O) groups is 1. The van der Waals surface area contributed by atoms with Crippen molar-refractivity contribution >= 4 is 28.3 Å². The van der Waals surface area contributed by atoms with E-state index in [-0.39, 0.29) is 5.78 Å². The van der Waals surface area contributed by atoms with Crippen LogP contribution in [-0.4, -0.2) is 45.5 Å². The molecule has 29 heavy (non-hydrogen) atoms. The highest BCUT2D eigenvalue weighted by molar-refractivity contribution is 5.87. The van der Waals surface area contributed by atoms with Gasteiger partial charge >= 0.3 is 0 Å². The van der Waals surface area contributed by atoms with E-state index in [1.165, 1.54) is 0 Å². The second-order valence-electron chi connectivity index (χ2n) is 7.79. The molecule has 7 nitrogen and oxygen atoms in total. The first-order chi connectivity index (χ1) is 14.1. The summed E-state index contributed by atoms with van der Waals surface area (Å²) in [5.41, 5.74) is 2.54. The summed E-state index contributed by atoms with van der Waals surface area (Å²) in [4.78, 5) is 26.7. The molecule has 3 aromatic rings. The molecule has 0 bridgehead atoms. The third-order valence-corrected chi connectivity index (χ3v) is 5.53. The molecule has 3 N–H and O–H groups in total. The lowest BCUT2D eigenvalue weighted by Crippen LogP contribution is -2.37. The highest BCUT2D eigenvalue weighted by Gasteiger charge is 2.24. The molecule has 0 saturated carbocycles. The van der Waals surface area contributed by atoms with Crippen molar-refractivity contribution in [3.63, 3.8) is 0 Å². The SMILES string of the molecule is CC(O)c1cccc(NCC(=O)CC2CCCN(c3ncnc4[nH]ccc34)C2)c1. The van der Waals surface area contributed by atoms with Crippen LogP contribution in [0.5, 0.6) is 0 Å². The van der Waals surface area contributed by atoms with Crippen LogP contribution in [0, 0.1) is 5.92 Å². The summed E-state index contributed by atoms with van der Waals surface area (Å²) in [5, 5.41) is 13.9. The van der Waals surface area contributed by atoms with Gasteiger partial charge < -0.3 is 20.3 Å². The lowest BCUT2D eigenvalue weighted by molar-refractivity contribution is -0.118. The van der Waals surface area contributed by atoms with Crippen molar-refractivity contribution in [3.8, 4) is 0 Å². The maximum Gasteiger partial charge on any atom is 0.152 e. The molecule has 152 valence electrons. The Kier molecular flexibility index (Phi) is 5.76.